The summed E-state index contributed by atoms with van der Waals surface area (Å²) < 4.78 is 13.0. The molecule has 0 radical (unpaired) electrons. The van der Waals surface area contributed by atoms with E-state index in [1.807, 2.05) is 30.3 Å². The second-order valence-electron chi connectivity index (χ2n) is 11.9. The summed E-state index contributed by atoms with van der Waals surface area (Å²) in [6.07, 6.45) is 4.65. The number of rotatable bonds is 7. The van der Waals surface area contributed by atoms with Crippen molar-refractivity contribution < 1.29 is 14.4 Å². The molecule has 4 heterocycles. The van der Waals surface area contributed by atoms with Gasteiger partial charge in [0.2, 0.25) is 17.6 Å². The zero-order valence-corrected chi connectivity index (χ0v) is 25.2. The zero-order chi connectivity index (χ0) is 30.2. The lowest BCUT2D eigenvalue weighted by molar-refractivity contribution is 0.0927. The third kappa shape index (κ3) is 5.62. The molecule has 1 saturated carbocycles. The van der Waals surface area contributed by atoms with Gasteiger partial charge in [-0.05, 0) is 54.0 Å². The first-order valence-corrected chi connectivity index (χ1v) is 15.5. The Balaban J connectivity index is 1.47. The topological polar surface area (TPSA) is 135 Å². The molecule has 1 aliphatic carbocycles. The van der Waals surface area contributed by atoms with Crippen LogP contribution >= 0.6 is 11.6 Å². The van der Waals surface area contributed by atoms with E-state index < -0.39 is 5.76 Å². The van der Waals surface area contributed by atoms with Crippen LogP contribution in [0, 0.1) is 11.8 Å². The number of benzene rings is 2. The maximum atomic E-state index is 11.9. The van der Waals surface area contributed by atoms with Crippen molar-refractivity contribution in [3.63, 3.8) is 0 Å². The van der Waals surface area contributed by atoms with E-state index in [0.717, 1.165) is 42.3 Å². The number of nitrogens with zero attached hydrogens (tertiary/aromatic N) is 6. The molecule has 1 aliphatic heterocycles. The molecule has 0 amide bonds. The molecular formula is C32H34ClN7O4. The first kappa shape index (κ1) is 28.7. The van der Waals surface area contributed by atoms with Crippen molar-refractivity contribution in [3.05, 3.63) is 75.2 Å². The van der Waals surface area contributed by atoms with E-state index in [4.69, 9.17) is 35.8 Å². The molecule has 7 rings (SSSR count). The summed E-state index contributed by atoms with van der Waals surface area (Å²) in [5, 5.41) is 14.3. The zero-order valence-electron chi connectivity index (χ0n) is 24.4. The van der Waals surface area contributed by atoms with Gasteiger partial charge in [-0.2, -0.15) is 4.98 Å². The second-order valence-corrected chi connectivity index (χ2v) is 12.3. The molecule has 0 spiro atoms. The van der Waals surface area contributed by atoms with Crippen molar-refractivity contribution in [2.45, 2.75) is 51.8 Å². The van der Waals surface area contributed by atoms with Gasteiger partial charge in [0.05, 0.1) is 25.9 Å². The average molecular weight is 616 g/mol. The normalized spacial score (nSPS) is 20.8. The number of halogens is 1. The summed E-state index contributed by atoms with van der Waals surface area (Å²) in [5.41, 5.74) is 4.31. The van der Waals surface area contributed by atoms with Crippen LogP contribution < -0.4 is 10.7 Å². The van der Waals surface area contributed by atoms with Crippen molar-refractivity contribution in [2.75, 3.05) is 24.7 Å². The lowest BCUT2D eigenvalue weighted by Crippen LogP contribution is -2.41. The number of nitrogens with one attached hydrogen (secondary N) is 1. The number of aliphatic hydroxyl groups is 1. The summed E-state index contributed by atoms with van der Waals surface area (Å²) in [7, 11) is 0. The van der Waals surface area contributed by atoms with Crippen LogP contribution in [0.1, 0.15) is 49.8 Å². The van der Waals surface area contributed by atoms with Gasteiger partial charge >= 0.3 is 5.76 Å². The van der Waals surface area contributed by atoms with Crippen molar-refractivity contribution >= 4 is 28.7 Å². The van der Waals surface area contributed by atoms with Gasteiger partial charge in [0.1, 0.15) is 11.2 Å². The van der Waals surface area contributed by atoms with E-state index in [1.54, 1.807) is 6.07 Å². The van der Waals surface area contributed by atoms with Crippen LogP contribution in [0.2, 0.25) is 5.02 Å². The Morgan fingerprint density at radius 2 is 1.89 bits per heavy atom. The van der Waals surface area contributed by atoms with E-state index in [0.29, 0.717) is 53.2 Å². The number of hydrogen-bond donors (Lipinski definition) is 2. The van der Waals surface area contributed by atoms with Crippen molar-refractivity contribution in [2.24, 2.45) is 11.8 Å². The lowest BCUT2D eigenvalue weighted by atomic mass is 9.83. The molecule has 44 heavy (non-hydrogen) atoms. The minimum Gasteiger partial charge on any atom is -0.392 e. The number of ether oxygens (including phenoxy) is 1. The smallest absolute Gasteiger partial charge is 0.392 e. The predicted octanol–water partition coefficient (Wildman–Crippen LogP) is 5.39. The number of aromatic nitrogens is 6. The highest BCUT2D eigenvalue weighted by Crippen LogP contribution is 2.39. The van der Waals surface area contributed by atoms with Crippen LogP contribution in [-0.4, -0.2) is 54.5 Å². The third-order valence-corrected chi connectivity index (χ3v) is 9.01. The van der Waals surface area contributed by atoms with Gasteiger partial charge in [-0.3, -0.25) is 9.51 Å². The number of morpholine rings is 1. The molecular weight excluding hydrogens is 582 g/mol. The van der Waals surface area contributed by atoms with Crippen LogP contribution in [0.4, 0.5) is 5.95 Å². The second kappa shape index (κ2) is 12.1. The highest BCUT2D eigenvalue weighted by Gasteiger charge is 2.32. The first-order chi connectivity index (χ1) is 21.5. The number of aromatic amines is 1. The number of H-pyrrole nitrogens is 1. The minimum absolute atomic E-state index is 0.0400. The Kier molecular flexibility index (Phi) is 7.92. The van der Waals surface area contributed by atoms with E-state index in [1.165, 1.54) is 12.8 Å². The Bertz CT molecular complexity index is 1830. The standard InChI is InChI=1S/C32H34ClN7O4/c1-19-7-9-20(10-8-19)16-40-27-26(23-13-21(17-41)14-24(33)15-23)34-29(30-37-32(42)44-38-30)35-28(27)36-31(40)39-11-12-43-18-25(39)22-5-3-2-4-6-22/h2-6,13-15,19-20,25,41H,7-12,16-18H2,1H3,(H,37,38,42)/t19-,20-,25-/m0/s1. The van der Waals surface area contributed by atoms with Gasteiger partial charge in [-0.25, -0.2) is 14.8 Å². The molecule has 12 heteroatoms. The fourth-order valence-electron chi connectivity index (χ4n) is 6.49. The SMILES string of the molecule is C[C@H]1CC[C@H](Cn2c(N3CCOC[C@H]3c3ccccc3)nc3nc(-c4noc(=O)[nH]4)nc(-c4cc(Cl)cc(CO)c4)c32)CC1. The summed E-state index contributed by atoms with van der Waals surface area (Å²) in [6.45, 7) is 4.66. The van der Waals surface area contributed by atoms with Crippen LogP contribution in [0.5, 0.6) is 0 Å². The van der Waals surface area contributed by atoms with Crippen LogP contribution in [-0.2, 0) is 17.9 Å². The van der Waals surface area contributed by atoms with Crippen LogP contribution in [0.25, 0.3) is 34.1 Å². The van der Waals surface area contributed by atoms with Gasteiger partial charge in [-0.15, -0.1) is 0 Å². The number of imidazole rings is 1. The monoisotopic (exact) mass is 615 g/mol. The van der Waals surface area contributed by atoms with E-state index in [2.05, 4.69) is 38.7 Å². The third-order valence-electron chi connectivity index (χ3n) is 8.79. The average Bonchev–Trinajstić information content (AvgIpc) is 3.65. The Morgan fingerprint density at radius 3 is 2.64 bits per heavy atom. The summed E-state index contributed by atoms with van der Waals surface area (Å²) in [5.74, 6) is 1.56. The maximum Gasteiger partial charge on any atom is 0.439 e. The fraction of sp³-hybridized carbons (Fsp3) is 0.406. The minimum atomic E-state index is -0.702. The molecule has 1 saturated heterocycles. The predicted molar refractivity (Wildman–Crippen MR) is 166 cm³/mol. The van der Waals surface area contributed by atoms with Crippen LogP contribution in [0.3, 0.4) is 0 Å². The molecule has 11 nitrogen and oxygen atoms in total. The largest absolute Gasteiger partial charge is 0.439 e. The molecule has 5 aromatic rings. The molecule has 2 N–H and O–H groups in total. The Labute approximate surface area is 258 Å². The van der Waals surface area contributed by atoms with Crippen molar-refractivity contribution in [3.8, 4) is 22.9 Å². The Hall–Kier alpha value is -4.06. The van der Waals surface area contributed by atoms with Gasteiger partial charge in [0.25, 0.3) is 0 Å². The van der Waals surface area contributed by atoms with Crippen LogP contribution in [0.15, 0.2) is 57.8 Å². The van der Waals surface area contributed by atoms with E-state index >= 15 is 0 Å². The Morgan fingerprint density at radius 1 is 1.07 bits per heavy atom. The molecule has 2 fully saturated rings. The summed E-state index contributed by atoms with van der Waals surface area (Å²) in [6, 6.07) is 15.7. The quantitative estimate of drug-likeness (QED) is 0.247. The molecule has 2 aromatic carbocycles. The number of anilines is 1. The van der Waals surface area contributed by atoms with Gasteiger partial charge in [0, 0.05) is 23.7 Å². The molecule has 0 unspecified atom stereocenters. The molecule has 228 valence electrons. The summed E-state index contributed by atoms with van der Waals surface area (Å²) in [4.78, 5) is 31.7. The maximum absolute atomic E-state index is 11.9. The van der Waals surface area contributed by atoms with Crippen molar-refractivity contribution in [1.82, 2.24) is 29.7 Å². The highest BCUT2D eigenvalue weighted by molar-refractivity contribution is 6.31. The number of aliphatic hydroxyl groups excluding tert-OH is 1. The molecule has 2 aliphatic rings. The first-order valence-electron chi connectivity index (χ1n) is 15.1. The summed E-state index contributed by atoms with van der Waals surface area (Å²) >= 11 is 6.54. The highest BCUT2D eigenvalue weighted by atomic mass is 35.5. The number of fused-ring (bicyclic) bond motifs is 1. The van der Waals surface area contributed by atoms with E-state index in [9.17, 15) is 9.90 Å². The van der Waals surface area contributed by atoms with Gasteiger partial charge in [-0.1, -0.05) is 66.9 Å². The molecule has 1 atom stereocenters. The molecule has 0 bridgehead atoms. The lowest BCUT2D eigenvalue weighted by Gasteiger charge is -2.37. The van der Waals surface area contributed by atoms with Gasteiger partial charge < -0.3 is 19.3 Å². The molecule has 3 aromatic heterocycles. The fourth-order valence-corrected chi connectivity index (χ4v) is 6.75. The van der Waals surface area contributed by atoms with Gasteiger partial charge in [0.15, 0.2) is 5.65 Å². The van der Waals surface area contributed by atoms with E-state index in [-0.39, 0.29) is 24.3 Å². The number of hydrogen-bond acceptors (Lipinski definition) is 9. The van der Waals surface area contributed by atoms with Crippen molar-refractivity contribution in [1.29, 1.82) is 0 Å².